The Morgan fingerprint density at radius 3 is 2.64 bits per heavy atom. The van der Waals surface area contributed by atoms with Crippen molar-refractivity contribution in [2.24, 2.45) is 4.99 Å². The van der Waals surface area contributed by atoms with Gasteiger partial charge in [0.2, 0.25) is 0 Å². The summed E-state index contributed by atoms with van der Waals surface area (Å²) in [6.45, 7) is 0.0216. The lowest BCUT2D eigenvalue weighted by molar-refractivity contribution is -0.519. The van der Waals surface area contributed by atoms with Crippen LogP contribution < -0.4 is 14.8 Å². The van der Waals surface area contributed by atoms with E-state index in [1.165, 1.54) is 29.9 Å². The number of carbonyl (C=O) groups excluding carboxylic acids is 3. The molecule has 0 aliphatic carbocycles. The van der Waals surface area contributed by atoms with Crippen molar-refractivity contribution in [2.75, 3.05) is 34.9 Å². The molecular weight excluding hydrogens is 432 g/mol. The SMILES string of the molecule is COc1ccc(-c2cc(CNC(=O)C[N+]3=CN=C4C3C(=O)N(C)C(=O)N4C)no2)cc1OC. The van der Waals surface area contributed by atoms with Crippen molar-refractivity contribution >= 4 is 30.0 Å². The molecule has 0 spiro atoms. The van der Waals surface area contributed by atoms with Crippen LogP contribution in [-0.2, 0) is 16.1 Å². The Hall–Kier alpha value is -4.22. The Bertz CT molecular complexity index is 1190. The quantitative estimate of drug-likeness (QED) is 0.595. The minimum Gasteiger partial charge on any atom is -0.493 e. The van der Waals surface area contributed by atoms with Crippen LogP contribution in [0.5, 0.6) is 11.5 Å². The Labute approximate surface area is 189 Å². The topological polar surface area (TPSA) is 130 Å². The van der Waals surface area contributed by atoms with E-state index in [9.17, 15) is 14.4 Å². The highest BCUT2D eigenvalue weighted by molar-refractivity contribution is 6.21. The van der Waals surface area contributed by atoms with E-state index in [1.807, 2.05) is 6.07 Å². The molecule has 12 nitrogen and oxygen atoms in total. The number of methoxy groups -OCH3 is 2. The third kappa shape index (κ3) is 4.02. The molecule has 0 saturated carbocycles. The van der Waals surface area contributed by atoms with Gasteiger partial charge in [0.1, 0.15) is 5.69 Å². The number of amides is 4. The van der Waals surface area contributed by atoms with E-state index in [1.54, 1.807) is 32.4 Å². The smallest absolute Gasteiger partial charge is 0.333 e. The van der Waals surface area contributed by atoms with Gasteiger partial charge in [-0.15, -0.1) is 0 Å². The van der Waals surface area contributed by atoms with Crippen LogP contribution in [0.1, 0.15) is 5.69 Å². The molecule has 1 aromatic carbocycles. The first-order valence-electron chi connectivity index (χ1n) is 10.0. The van der Waals surface area contributed by atoms with Gasteiger partial charge in [0.25, 0.3) is 30.0 Å². The highest BCUT2D eigenvalue weighted by atomic mass is 16.5. The van der Waals surface area contributed by atoms with Gasteiger partial charge in [-0.3, -0.25) is 19.4 Å². The first kappa shape index (κ1) is 22.0. The lowest BCUT2D eigenvalue weighted by Crippen LogP contribution is -2.62. The number of fused-ring (bicyclic) bond motifs is 1. The second kappa shape index (κ2) is 8.73. The maximum absolute atomic E-state index is 12.5. The first-order chi connectivity index (χ1) is 15.8. The molecule has 2 aliphatic heterocycles. The van der Waals surface area contributed by atoms with Crippen molar-refractivity contribution in [1.82, 2.24) is 20.3 Å². The number of nitrogens with one attached hydrogen (secondary N) is 1. The zero-order valence-corrected chi connectivity index (χ0v) is 18.6. The predicted molar refractivity (Wildman–Crippen MR) is 115 cm³/mol. The summed E-state index contributed by atoms with van der Waals surface area (Å²) in [5.74, 6) is 1.18. The number of hydrogen-bond donors (Lipinski definition) is 1. The number of rotatable bonds is 7. The fourth-order valence-corrected chi connectivity index (χ4v) is 3.61. The maximum atomic E-state index is 12.5. The van der Waals surface area contributed by atoms with E-state index in [4.69, 9.17) is 14.0 Å². The normalized spacial score (nSPS) is 17.5. The molecule has 2 aromatic rings. The molecule has 0 bridgehead atoms. The molecule has 33 heavy (non-hydrogen) atoms. The first-order valence-corrected chi connectivity index (χ1v) is 10.0. The van der Waals surface area contributed by atoms with Crippen molar-refractivity contribution in [3.8, 4) is 22.8 Å². The van der Waals surface area contributed by atoms with Crippen molar-refractivity contribution in [3.63, 3.8) is 0 Å². The average Bonchev–Trinajstić information content (AvgIpc) is 3.47. The van der Waals surface area contributed by atoms with Crippen LogP contribution >= 0.6 is 0 Å². The largest absolute Gasteiger partial charge is 0.493 e. The fourth-order valence-electron chi connectivity index (χ4n) is 3.61. The van der Waals surface area contributed by atoms with Gasteiger partial charge in [0, 0.05) is 25.7 Å². The van der Waals surface area contributed by atoms with Crippen LogP contribution in [0.25, 0.3) is 11.3 Å². The summed E-state index contributed by atoms with van der Waals surface area (Å²) < 4.78 is 17.4. The summed E-state index contributed by atoms with van der Waals surface area (Å²) in [4.78, 5) is 43.5. The summed E-state index contributed by atoms with van der Waals surface area (Å²) in [6, 6.07) is 5.77. The number of carbonyl (C=O) groups is 3. The summed E-state index contributed by atoms with van der Waals surface area (Å²) >= 11 is 0. The van der Waals surface area contributed by atoms with Crippen molar-refractivity contribution in [2.45, 2.75) is 12.6 Å². The number of ether oxygens (including phenoxy) is 2. The average molecular weight is 455 g/mol. The van der Waals surface area contributed by atoms with Crippen LogP contribution in [0.2, 0.25) is 0 Å². The molecule has 172 valence electrons. The Kier molecular flexibility index (Phi) is 5.82. The van der Waals surface area contributed by atoms with E-state index in [2.05, 4.69) is 15.5 Å². The number of nitrogens with zero attached hydrogens (tertiary/aromatic N) is 5. The lowest BCUT2D eigenvalue weighted by Gasteiger charge is -2.30. The molecule has 2 aliphatic rings. The zero-order chi connectivity index (χ0) is 23.7. The molecule has 1 N–H and O–H groups in total. The van der Waals surface area contributed by atoms with Crippen molar-refractivity contribution < 1.29 is 33.0 Å². The summed E-state index contributed by atoms with van der Waals surface area (Å²) in [5, 5.41) is 6.74. The number of aliphatic imine (C=N–C) groups is 1. The maximum Gasteiger partial charge on any atom is 0.333 e. The van der Waals surface area contributed by atoms with Crippen molar-refractivity contribution in [1.29, 1.82) is 0 Å². The number of imide groups is 1. The molecule has 3 heterocycles. The van der Waals surface area contributed by atoms with E-state index in [0.717, 1.165) is 10.5 Å². The standard InChI is InChI=1S/C21H22N6O6/c1-25-19-18(20(29)26(2)21(25)30)27(11-23-19)10-17(28)22-9-13-8-15(33-24-13)12-5-6-14(31-3)16(7-12)32-4/h5-8,11,18H,9-10H2,1-4H3/p+1. The summed E-state index contributed by atoms with van der Waals surface area (Å²) in [6.07, 6.45) is 1.39. The van der Waals surface area contributed by atoms with Gasteiger partial charge < -0.3 is 19.3 Å². The molecule has 1 fully saturated rings. The number of likely N-dealkylation sites (N-methyl/N-ethyl adjacent to an activating group) is 2. The minimum atomic E-state index is -0.813. The van der Waals surface area contributed by atoms with Gasteiger partial charge in [-0.1, -0.05) is 5.16 Å². The van der Waals surface area contributed by atoms with E-state index in [-0.39, 0.29) is 19.0 Å². The molecule has 4 amide bonds. The third-order valence-corrected chi connectivity index (χ3v) is 5.42. The van der Waals surface area contributed by atoms with E-state index < -0.39 is 18.0 Å². The van der Waals surface area contributed by atoms with Crippen molar-refractivity contribution in [3.05, 3.63) is 30.0 Å². The number of benzene rings is 1. The van der Waals surface area contributed by atoms with E-state index in [0.29, 0.717) is 28.8 Å². The van der Waals surface area contributed by atoms with Gasteiger partial charge in [-0.2, -0.15) is 0 Å². The summed E-state index contributed by atoms with van der Waals surface area (Å²) in [7, 11) is 6.04. The monoisotopic (exact) mass is 455 g/mol. The van der Waals surface area contributed by atoms with Crippen LogP contribution in [0.4, 0.5) is 4.79 Å². The van der Waals surface area contributed by atoms with Gasteiger partial charge in [0.15, 0.2) is 23.8 Å². The molecule has 0 radical (unpaired) electrons. The van der Waals surface area contributed by atoms with Crippen LogP contribution in [0.15, 0.2) is 33.8 Å². The molecule has 4 rings (SSSR count). The molecule has 1 unspecified atom stereocenters. The lowest BCUT2D eigenvalue weighted by atomic mass is 10.1. The van der Waals surface area contributed by atoms with Crippen LogP contribution in [0.3, 0.4) is 0 Å². The number of urea groups is 1. The number of hydrogen-bond acceptors (Lipinski definition) is 8. The second-order valence-electron chi connectivity index (χ2n) is 7.45. The molecule has 1 atom stereocenters. The van der Waals surface area contributed by atoms with Gasteiger partial charge in [-0.05, 0) is 23.2 Å². The predicted octanol–water partition coefficient (Wildman–Crippen LogP) is 0.320. The molecule has 12 heteroatoms. The Balaban J connectivity index is 1.37. The molecular formula is C21H23N6O6+. The third-order valence-electron chi connectivity index (χ3n) is 5.42. The van der Waals surface area contributed by atoms with E-state index >= 15 is 0 Å². The minimum absolute atomic E-state index is 0.111. The Morgan fingerprint density at radius 1 is 1.15 bits per heavy atom. The molecule has 1 saturated heterocycles. The number of aromatic nitrogens is 1. The second-order valence-corrected chi connectivity index (χ2v) is 7.45. The zero-order valence-electron chi connectivity index (χ0n) is 18.6. The van der Waals surface area contributed by atoms with Crippen LogP contribution in [0, 0.1) is 0 Å². The molecule has 1 aromatic heterocycles. The van der Waals surface area contributed by atoms with Crippen LogP contribution in [-0.4, -0.2) is 90.5 Å². The number of amidine groups is 1. The van der Waals surface area contributed by atoms with Gasteiger partial charge in [-0.25, -0.2) is 9.37 Å². The highest BCUT2D eigenvalue weighted by Gasteiger charge is 2.50. The fraction of sp³-hybridized carbons (Fsp3) is 0.333. The van der Waals surface area contributed by atoms with Gasteiger partial charge >= 0.3 is 6.03 Å². The van der Waals surface area contributed by atoms with Gasteiger partial charge in [0.05, 0.1) is 20.8 Å². The highest BCUT2D eigenvalue weighted by Crippen LogP contribution is 2.32. The summed E-state index contributed by atoms with van der Waals surface area (Å²) in [5.41, 5.74) is 1.27. The Morgan fingerprint density at radius 2 is 1.91 bits per heavy atom.